The maximum absolute atomic E-state index is 13.3. The van der Waals surface area contributed by atoms with Gasteiger partial charge in [-0.25, -0.2) is 9.80 Å². The van der Waals surface area contributed by atoms with Crippen molar-refractivity contribution in [2.75, 3.05) is 44.2 Å². The van der Waals surface area contributed by atoms with Crippen molar-refractivity contribution in [1.82, 2.24) is 14.8 Å². The number of carbonyl (C=O) groups is 2. The smallest absolute Gasteiger partial charge is 0.371 e. The van der Waals surface area contributed by atoms with Crippen LogP contribution in [-0.2, 0) is 17.5 Å². The Morgan fingerprint density at radius 1 is 1.12 bits per heavy atom. The quantitative estimate of drug-likeness (QED) is 0.739. The molecule has 0 aliphatic carbocycles. The predicted octanol–water partition coefficient (Wildman–Crippen LogP) is 2.48. The highest BCUT2D eigenvalue weighted by molar-refractivity contribution is 6.38. The Hall–Kier alpha value is -2.82. The number of benzene rings is 1. The zero-order chi connectivity index (χ0) is 23.8. The number of urea groups is 1. The van der Waals surface area contributed by atoms with E-state index in [1.54, 1.807) is 11.0 Å². The fourth-order valence-electron chi connectivity index (χ4n) is 4.74. The lowest BCUT2D eigenvalue weighted by Gasteiger charge is -2.41. The SMILES string of the molecule is C[C@H]1CN(Cc2ccc(C(F)(F)F)cc2N2CCCC2)CCN1C(=O)N1CCC(C(N)=O)=N1. The number of hydrazone groups is 1. The van der Waals surface area contributed by atoms with E-state index in [1.165, 1.54) is 11.1 Å². The van der Waals surface area contributed by atoms with Gasteiger partial charge in [-0.05, 0) is 37.5 Å². The number of hydrogen-bond donors (Lipinski definition) is 1. The van der Waals surface area contributed by atoms with Crippen LogP contribution < -0.4 is 10.6 Å². The number of piperazine rings is 1. The third kappa shape index (κ3) is 5.07. The number of anilines is 1. The van der Waals surface area contributed by atoms with Crippen molar-refractivity contribution in [3.8, 4) is 0 Å². The van der Waals surface area contributed by atoms with Gasteiger partial charge in [-0.3, -0.25) is 9.69 Å². The Morgan fingerprint density at radius 2 is 1.85 bits per heavy atom. The monoisotopic (exact) mass is 466 g/mol. The van der Waals surface area contributed by atoms with Gasteiger partial charge in [0, 0.05) is 57.4 Å². The van der Waals surface area contributed by atoms with Gasteiger partial charge in [-0.15, -0.1) is 0 Å². The van der Waals surface area contributed by atoms with Crippen molar-refractivity contribution in [2.24, 2.45) is 10.8 Å². The fourth-order valence-corrected chi connectivity index (χ4v) is 4.74. The van der Waals surface area contributed by atoms with Crippen LogP contribution in [0.1, 0.15) is 37.3 Å². The molecule has 0 bridgehead atoms. The van der Waals surface area contributed by atoms with Crippen molar-refractivity contribution < 1.29 is 22.8 Å². The molecule has 1 atom stereocenters. The Labute approximate surface area is 190 Å². The third-order valence-electron chi connectivity index (χ3n) is 6.52. The number of nitrogens with two attached hydrogens (primary N) is 1. The molecule has 1 aromatic rings. The minimum atomic E-state index is -4.38. The van der Waals surface area contributed by atoms with Crippen LogP contribution in [0.4, 0.5) is 23.7 Å². The van der Waals surface area contributed by atoms with Crippen molar-refractivity contribution in [2.45, 2.75) is 44.9 Å². The summed E-state index contributed by atoms with van der Waals surface area (Å²) in [6.45, 7) is 5.96. The molecule has 2 saturated heterocycles. The van der Waals surface area contributed by atoms with Crippen LogP contribution >= 0.6 is 0 Å². The van der Waals surface area contributed by atoms with E-state index in [0.29, 0.717) is 44.8 Å². The summed E-state index contributed by atoms with van der Waals surface area (Å²) in [5.74, 6) is -0.617. The summed E-state index contributed by atoms with van der Waals surface area (Å²) in [4.78, 5) is 30.1. The van der Waals surface area contributed by atoms with E-state index in [2.05, 4.69) is 10.0 Å². The first kappa shape index (κ1) is 23.3. The summed E-state index contributed by atoms with van der Waals surface area (Å²) in [5.41, 5.74) is 6.35. The first-order chi connectivity index (χ1) is 15.6. The van der Waals surface area contributed by atoms with Gasteiger partial charge in [0.2, 0.25) is 0 Å². The average molecular weight is 467 g/mol. The normalized spacial score (nSPS) is 22.1. The second-order valence-electron chi connectivity index (χ2n) is 8.88. The molecule has 3 amide bonds. The molecule has 0 saturated carbocycles. The zero-order valence-electron chi connectivity index (χ0n) is 18.6. The third-order valence-corrected chi connectivity index (χ3v) is 6.52. The van der Waals surface area contributed by atoms with Gasteiger partial charge in [0.15, 0.2) is 0 Å². The molecule has 2 fully saturated rings. The Balaban J connectivity index is 1.44. The Morgan fingerprint density at radius 3 is 2.45 bits per heavy atom. The first-order valence-corrected chi connectivity index (χ1v) is 11.3. The molecule has 8 nitrogen and oxygen atoms in total. The summed E-state index contributed by atoms with van der Waals surface area (Å²) < 4.78 is 39.9. The maximum Gasteiger partial charge on any atom is 0.416 e. The molecule has 1 aromatic carbocycles. The van der Waals surface area contributed by atoms with E-state index >= 15 is 0 Å². The Bertz CT molecular complexity index is 945. The lowest BCUT2D eigenvalue weighted by atomic mass is 10.1. The number of rotatable bonds is 4. The van der Waals surface area contributed by atoms with E-state index < -0.39 is 17.6 Å². The fraction of sp³-hybridized carbons (Fsp3) is 0.591. The highest BCUT2D eigenvalue weighted by atomic mass is 19.4. The topological polar surface area (TPSA) is 85.5 Å². The van der Waals surface area contributed by atoms with Crippen molar-refractivity contribution in [1.29, 1.82) is 0 Å². The summed E-state index contributed by atoms with van der Waals surface area (Å²) in [6, 6.07) is 3.64. The van der Waals surface area contributed by atoms with E-state index in [4.69, 9.17) is 5.73 Å². The Kier molecular flexibility index (Phi) is 6.51. The van der Waals surface area contributed by atoms with Gasteiger partial charge in [-0.2, -0.15) is 18.3 Å². The summed E-state index contributed by atoms with van der Waals surface area (Å²) in [5, 5.41) is 5.33. The molecule has 3 aliphatic rings. The minimum absolute atomic E-state index is 0.108. The molecule has 3 aliphatic heterocycles. The van der Waals surface area contributed by atoms with Crippen LogP contribution in [-0.4, -0.2) is 77.8 Å². The minimum Gasteiger partial charge on any atom is -0.371 e. The van der Waals surface area contributed by atoms with Crippen LogP contribution in [0.15, 0.2) is 23.3 Å². The molecule has 2 N–H and O–H groups in total. The highest BCUT2D eigenvalue weighted by Crippen LogP contribution is 2.35. The second kappa shape index (κ2) is 9.20. The molecule has 0 unspecified atom stereocenters. The maximum atomic E-state index is 13.3. The number of primary amides is 1. The first-order valence-electron chi connectivity index (χ1n) is 11.3. The molecular weight excluding hydrogens is 437 g/mol. The average Bonchev–Trinajstić information content (AvgIpc) is 3.45. The van der Waals surface area contributed by atoms with Crippen molar-refractivity contribution >= 4 is 23.3 Å². The molecule has 11 heteroatoms. The molecule has 180 valence electrons. The molecule has 0 aromatic heterocycles. The molecular formula is C22H29F3N6O2. The van der Waals surface area contributed by atoms with Crippen LogP contribution in [0.3, 0.4) is 0 Å². The van der Waals surface area contributed by atoms with Gasteiger partial charge < -0.3 is 15.5 Å². The summed E-state index contributed by atoms with van der Waals surface area (Å²) >= 11 is 0. The van der Waals surface area contributed by atoms with Gasteiger partial charge >= 0.3 is 12.2 Å². The van der Waals surface area contributed by atoms with Crippen LogP contribution in [0.25, 0.3) is 0 Å². The number of amides is 3. The van der Waals surface area contributed by atoms with Crippen LogP contribution in [0, 0.1) is 0 Å². The molecule has 33 heavy (non-hydrogen) atoms. The number of alkyl halides is 3. The number of nitrogens with zero attached hydrogens (tertiary/aromatic N) is 5. The van der Waals surface area contributed by atoms with E-state index in [1.807, 2.05) is 11.8 Å². The van der Waals surface area contributed by atoms with Gasteiger partial charge in [0.05, 0.1) is 12.1 Å². The van der Waals surface area contributed by atoms with Crippen molar-refractivity contribution in [3.63, 3.8) is 0 Å². The second-order valence-corrected chi connectivity index (χ2v) is 8.88. The van der Waals surface area contributed by atoms with Crippen molar-refractivity contribution in [3.05, 3.63) is 29.3 Å². The largest absolute Gasteiger partial charge is 0.416 e. The molecule has 4 rings (SSSR count). The van der Waals surface area contributed by atoms with Crippen LogP contribution in [0.5, 0.6) is 0 Å². The molecule has 0 radical (unpaired) electrons. The number of hydrogen-bond acceptors (Lipinski definition) is 5. The standard InChI is InChI=1S/C22H29F3N6O2/c1-15-13-28(10-11-30(15)21(33)31-9-6-18(27-31)20(26)32)14-16-4-5-17(22(23,24)25)12-19(16)29-7-2-3-8-29/h4-5,12,15H,2-3,6-11,13-14H2,1H3,(H2,26,32)/t15-/m0/s1. The van der Waals surface area contributed by atoms with E-state index in [0.717, 1.165) is 37.6 Å². The number of halogens is 3. The highest BCUT2D eigenvalue weighted by Gasteiger charge is 2.35. The van der Waals surface area contributed by atoms with E-state index in [-0.39, 0.29) is 17.8 Å². The summed E-state index contributed by atoms with van der Waals surface area (Å²) in [7, 11) is 0. The van der Waals surface area contributed by atoms with Gasteiger partial charge in [0.25, 0.3) is 5.91 Å². The summed E-state index contributed by atoms with van der Waals surface area (Å²) in [6.07, 6.45) is -2.07. The lowest BCUT2D eigenvalue weighted by Crippen LogP contribution is -2.56. The molecule has 0 spiro atoms. The van der Waals surface area contributed by atoms with Gasteiger partial charge in [0.1, 0.15) is 5.71 Å². The zero-order valence-corrected chi connectivity index (χ0v) is 18.6. The van der Waals surface area contributed by atoms with Crippen LogP contribution in [0.2, 0.25) is 0 Å². The lowest BCUT2D eigenvalue weighted by molar-refractivity contribution is -0.137. The molecule has 3 heterocycles. The predicted molar refractivity (Wildman–Crippen MR) is 118 cm³/mol. The number of carbonyl (C=O) groups excluding carboxylic acids is 2. The van der Waals surface area contributed by atoms with Gasteiger partial charge in [-0.1, -0.05) is 6.07 Å². The van der Waals surface area contributed by atoms with E-state index in [9.17, 15) is 22.8 Å².